The largest absolute Gasteiger partial charge is 0.451 e. The Labute approximate surface area is 158 Å². The van der Waals surface area contributed by atoms with Gasteiger partial charge in [0.15, 0.2) is 5.76 Å². The summed E-state index contributed by atoms with van der Waals surface area (Å²) in [5.41, 5.74) is 3.09. The van der Waals surface area contributed by atoms with Crippen LogP contribution in [0.1, 0.15) is 21.7 Å². The number of quaternary nitrogens is 1. The quantitative estimate of drug-likeness (QED) is 0.701. The Morgan fingerprint density at radius 2 is 1.69 bits per heavy atom. The molecule has 1 heterocycles. The molecule has 3 aromatic rings. The summed E-state index contributed by atoms with van der Waals surface area (Å²) in [5, 5.41) is 3.48. The number of halogens is 1. The van der Waals surface area contributed by atoms with E-state index >= 15 is 0 Å². The predicted molar refractivity (Wildman–Crippen MR) is 103 cm³/mol. The summed E-state index contributed by atoms with van der Waals surface area (Å²) in [6, 6.07) is 19.1. The van der Waals surface area contributed by atoms with Gasteiger partial charge in [0.05, 0.1) is 19.1 Å². The van der Waals surface area contributed by atoms with Crippen molar-refractivity contribution in [2.45, 2.75) is 13.1 Å². The van der Waals surface area contributed by atoms with Crippen molar-refractivity contribution in [1.29, 1.82) is 0 Å². The molecule has 0 radical (unpaired) electrons. The molecule has 0 aliphatic carbocycles. The molecule has 2 aromatic carbocycles. The van der Waals surface area contributed by atoms with Gasteiger partial charge >= 0.3 is 0 Å². The van der Waals surface area contributed by atoms with E-state index in [0.717, 1.165) is 17.7 Å². The fourth-order valence-electron chi connectivity index (χ4n) is 2.72. The zero-order chi connectivity index (χ0) is 18.5. The first-order valence-corrected chi connectivity index (χ1v) is 8.90. The van der Waals surface area contributed by atoms with Crippen LogP contribution >= 0.6 is 11.6 Å². The summed E-state index contributed by atoms with van der Waals surface area (Å²) in [4.78, 5) is 13.7. The number of hydrogen-bond acceptors (Lipinski definition) is 2. The van der Waals surface area contributed by atoms with Gasteiger partial charge in [0, 0.05) is 17.7 Å². The lowest BCUT2D eigenvalue weighted by atomic mass is 10.1. The monoisotopic (exact) mass is 369 g/mol. The number of hydrogen-bond donors (Lipinski definition) is 2. The number of furan rings is 1. The number of benzene rings is 2. The Kier molecular flexibility index (Phi) is 5.76. The molecule has 1 aromatic heterocycles. The molecule has 4 nitrogen and oxygen atoms in total. The molecule has 5 heteroatoms. The first-order chi connectivity index (χ1) is 12.5. The van der Waals surface area contributed by atoms with E-state index in [1.54, 1.807) is 18.2 Å². The van der Waals surface area contributed by atoms with Crippen molar-refractivity contribution >= 4 is 17.5 Å². The van der Waals surface area contributed by atoms with Gasteiger partial charge in [-0.3, -0.25) is 4.79 Å². The van der Waals surface area contributed by atoms with Gasteiger partial charge in [0.1, 0.15) is 12.3 Å². The van der Waals surface area contributed by atoms with Crippen molar-refractivity contribution in [3.8, 4) is 11.3 Å². The van der Waals surface area contributed by atoms with Gasteiger partial charge in [-0.05, 0) is 29.8 Å². The lowest BCUT2D eigenvalue weighted by molar-refractivity contribution is -0.872. The highest BCUT2D eigenvalue weighted by Gasteiger charge is 2.13. The highest BCUT2D eigenvalue weighted by molar-refractivity contribution is 6.33. The van der Waals surface area contributed by atoms with Crippen LogP contribution in [-0.4, -0.2) is 20.0 Å². The van der Waals surface area contributed by atoms with E-state index in [1.807, 2.05) is 30.3 Å². The average Bonchev–Trinajstić information content (AvgIpc) is 3.11. The minimum Gasteiger partial charge on any atom is -0.451 e. The van der Waals surface area contributed by atoms with Crippen LogP contribution < -0.4 is 10.2 Å². The maximum atomic E-state index is 12.3. The molecular weight excluding hydrogens is 348 g/mol. The number of amides is 1. The lowest BCUT2D eigenvalue weighted by Gasteiger charge is -2.08. The molecule has 0 aliphatic rings. The van der Waals surface area contributed by atoms with Gasteiger partial charge in [-0.15, -0.1) is 0 Å². The summed E-state index contributed by atoms with van der Waals surface area (Å²) in [6.07, 6.45) is 0. The lowest BCUT2D eigenvalue weighted by Crippen LogP contribution is -3.04. The molecule has 1 amide bonds. The summed E-state index contributed by atoms with van der Waals surface area (Å²) >= 11 is 6.17. The van der Waals surface area contributed by atoms with Crippen molar-refractivity contribution in [2.24, 2.45) is 0 Å². The van der Waals surface area contributed by atoms with Crippen LogP contribution in [0.4, 0.5) is 0 Å². The molecule has 2 N–H and O–H groups in total. The number of carbonyl (C=O) groups is 1. The Balaban J connectivity index is 1.61. The summed E-state index contributed by atoms with van der Waals surface area (Å²) in [7, 11) is 4.24. The maximum absolute atomic E-state index is 12.3. The van der Waals surface area contributed by atoms with Gasteiger partial charge in [-0.2, -0.15) is 0 Å². The van der Waals surface area contributed by atoms with E-state index in [-0.39, 0.29) is 11.7 Å². The van der Waals surface area contributed by atoms with Crippen LogP contribution in [0.2, 0.25) is 5.02 Å². The summed E-state index contributed by atoms with van der Waals surface area (Å²) < 4.78 is 5.66. The fourth-order valence-corrected chi connectivity index (χ4v) is 2.95. The fraction of sp³-hybridized carbons (Fsp3) is 0.190. The zero-order valence-electron chi connectivity index (χ0n) is 14.9. The standard InChI is InChI=1S/C21H21ClN2O2/c1-24(2)14-16-9-7-15(8-10-16)13-23-21(25)20-12-11-19(26-20)17-5-3-4-6-18(17)22/h3-12H,13-14H2,1-2H3,(H,23,25)/p+1. The van der Waals surface area contributed by atoms with Gasteiger partial charge < -0.3 is 14.6 Å². The molecule has 0 spiro atoms. The molecule has 0 saturated carbocycles. The number of nitrogens with one attached hydrogen (secondary N) is 2. The van der Waals surface area contributed by atoms with E-state index in [9.17, 15) is 4.79 Å². The molecule has 0 atom stereocenters. The zero-order valence-corrected chi connectivity index (χ0v) is 15.6. The predicted octanol–water partition coefficient (Wildman–Crippen LogP) is 3.17. The van der Waals surface area contributed by atoms with Crippen molar-refractivity contribution < 1.29 is 14.1 Å². The molecular formula is C21H22ClN2O2+. The van der Waals surface area contributed by atoms with Crippen molar-refractivity contribution in [2.75, 3.05) is 14.1 Å². The molecule has 26 heavy (non-hydrogen) atoms. The molecule has 3 rings (SSSR count). The van der Waals surface area contributed by atoms with Crippen LogP contribution in [0.25, 0.3) is 11.3 Å². The van der Waals surface area contributed by atoms with Gasteiger partial charge in [0.25, 0.3) is 5.91 Å². The number of carbonyl (C=O) groups excluding carboxylic acids is 1. The molecule has 0 saturated heterocycles. The van der Waals surface area contributed by atoms with E-state index in [0.29, 0.717) is 17.3 Å². The minimum atomic E-state index is -0.245. The molecule has 0 aliphatic heterocycles. The first-order valence-electron chi connectivity index (χ1n) is 8.52. The Bertz CT molecular complexity index is 885. The Morgan fingerprint density at radius 1 is 1.00 bits per heavy atom. The van der Waals surface area contributed by atoms with Crippen molar-refractivity contribution in [3.63, 3.8) is 0 Å². The number of rotatable bonds is 6. The Morgan fingerprint density at radius 3 is 2.38 bits per heavy atom. The highest BCUT2D eigenvalue weighted by atomic mass is 35.5. The second-order valence-electron chi connectivity index (χ2n) is 6.53. The van der Waals surface area contributed by atoms with Crippen molar-refractivity contribution in [3.05, 3.63) is 82.6 Å². The van der Waals surface area contributed by atoms with E-state index < -0.39 is 0 Å². The third kappa shape index (κ3) is 4.54. The van der Waals surface area contributed by atoms with Crippen molar-refractivity contribution in [1.82, 2.24) is 5.32 Å². The summed E-state index contributed by atoms with van der Waals surface area (Å²) in [6.45, 7) is 1.43. The average molecular weight is 370 g/mol. The second-order valence-corrected chi connectivity index (χ2v) is 6.93. The van der Waals surface area contributed by atoms with E-state index in [2.05, 4.69) is 31.5 Å². The van der Waals surface area contributed by atoms with E-state index in [1.165, 1.54) is 10.5 Å². The van der Waals surface area contributed by atoms with Gasteiger partial charge in [0.2, 0.25) is 0 Å². The summed E-state index contributed by atoms with van der Waals surface area (Å²) in [5.74, 6) is 0.606. The maximum Gasteiger partial charge on any atom is 0.287 e. The van der Waals surface area contributed by atoms with Gasteiger partial charge in [-0.25, -0.2) is 0 Å². The smallest absolute Gasteiger partial charge is 0.287 e. The minimum absolute atomic E-state index is 0.245. The van der Waals surface area contributed by atoms with Crippen LogP contribution in [-0.2, 0) is 13.1 Å². The molecule has 0 unspecified atom stereocenters. The topological polar surface area (TPSA) is 46.7 Å². The third-order valence-corrected chi connectivity index (χ3v) is 4.33. The second kappa shape index (κ2) is 8.21. The molecule has 0 bridgehead atoms. The van der Waals surface area contributed by atoms with Crippen LogP contribution in [0.15, 0.2) is 65.1 Å². The van der Waals surface area contributed by atoms with Crippen LogP contribution in [0.3, 0.4) is 0 Å². The van der Waals surface area contributed by atoms with Gasteiger partial charge in [-0.1, -0.05) is 48.0 Å². The SMILES string of the molecule is C[NH+](C)Cc1ccc(CNC(=O)c2ccc(-c3ccccc3Cl)o2)cc1. The third-order valence-electron chi connectivity index (χ3n) is 4.00. The molecule has 0 fully saturated rings. The van der Waals surface area contributed by atoms with Crippen LogP contribution in [0.5, 0.6) is 0 Å². The highest BCUT2D eigenvalue weighted by Crippen LogP contribution is 2.28. The molecule has 134 valence electrons. The Hall–Kier alpha value is -2.56. The van der Waals surface area contributed by atoms with Crippen LogP contribution in [0, 0.1) is 0 Å². The normalized spacial score (nSPS) is 10.9. The van der Waals surface area contributed by atoms with E-state index in [4.69, 9.17) is 16.0 Å². The first kappa shape index (κ1) is 18.2.